The largest absolute Gasteiger partial charge is 0.383 e. The number of hydrogen-bond acceptors (Lipinski definition) is 4. The van der Waals surface area contributed by atoms with Crippen LogP contribution in [-0.4, -0.2) is 18.6 Å². The van der Waals surface area contributed by atoms with Crippen molar-refractivity contribution in [3.8, 4) is 0 Å². The number of rotatable bonds is 4. The van der Waals surface area contributed by atoms with Gasteiger partial charge in [-0.1, -0.05) is 29.8 Å². The van der Waals surface area contributed by atoms with E-state index in [9.17, 15) is 8.42 Å². The lowest BCUT2D eigenvalue weighted by molar-refractivity contribution is 0.582. The van der Waals surface area contributed by atoms with Crippen LogP contribution in [0.1, 0.15) is 5.56 Å². The summed E-state index contributed by atoms with van der Waals surface area (Å²) in [5.74, 6) is 0.00154. The first-order chi connectivity index (χ1) is 8.50. The Morgan fingerprint density at radius 2 is 2.11 bits per heavy atom. The summed E-state index contributed by atoms with van der Waals surface area (Å²) in [6.45, 7) is 0.0899. The molecule has 0 bridgehead atoms. The van der Waals surface area contributed by atoms with Crippen LogP contribution in [0.3, 0.4) is 0 Å². The molecular weight excluding hydrogens is 276 g/mol. The van der Waals surface area contributed by atoms with Crippen molar-refractivity contribution in [3.05, 3.63) is 41.0 Å². The molecule has 96 valence electrons. The Bertz CT molecular complexity index is 653. The van der Waals surface area contributed by atoms with Gasteiger partial charge in [-0.3, -0.25) is 5.10 Å². The van der Waals surface area contributed by atoms with Crippen LogP contribution in [0.2, 0.25) is 5.02 Å². The van der Waals surface area contributed by atoms with Gasteiger partial charge in [0.2, 0.25) is 10.0 Å². The summed E-state index contributed by atoms with van der Waals surface area (Å²) in [5, 5.41) is 6.43. The van der Waals surface area contributed by atoms with Gasteiger partial charge in [-0.2, -0.15) is 5.10 Å². The topological polar surface area (TPSA) is 101 Å². The second-order valence-corrected chi connectivity index (χ2v) is 5.71. The highest BCUT2D eigenvalue weighted by molar-refractivity contribution is 7.89. The maximum Gasteiger partial charge on any atom is 0.246 e. The highest BCUT2D eigenvalue weighted by Gasteiger charge is 2.19. The lowest BCUT2D eigenvalue weighted by atomic mass is 10.2. The molecule has 2 rings (SSSR count). The van der Waals surface area contributed by atoms with E-state index in [-0.39, 0.29) is 17.3 Å². The zero-order valence-corrected chi connectivity index (χ0v) is 10.8. The van der Waals surface area contributed by atoms with E-state index in [2.05, 4.69) is 14.9 Å². The highest BCUT2D eigenvalue weighted by Crippen LogP contribution is 2.17. The number of nitrogens with zero attached hydrogens (tertiary/aromatic N) is 1. The molecule has 0 radical (unpaired) electrons. The summed E-state index contributed by atoms with van der Waals surface area (Å²) in [4.78, 5) is -0.0745. The van der Waals surface area contributed by atoms with Crippen molar-refractivity contribution in [2.24, 2.45) is 0 Å². The summed E-state index contributed by atoms with van der Waals surface area (Å²) in [7, 11) is -3.69. The van der Waals surface area contributed by atoms with E-state index in [0.29, 0.717) is 10.6 Å². The van der Waals surface area contributed by atoms with Crippen molar-refractivity contribution in [2.75, 3.05) is 5.73 Å². The Morgan fingerprint density at radius 3 is 2.72 bits per heavy atom. The molecule has 1 aromatic carbocycles. The number of nitrogen functional groups attached to an aromatic ring is 1. The van der Waals surface area contributed by atoms with Crippen molar-refractivity contribution in [1.29, 1.82) is 0 Å². The van der Waals surface area contributed by atoms with Crippen LogP contribution >= 0.6 is 11.6 Å². The minimum Gasteiger partial charge on any atom is -0.383 e. The molecule has 0 amide bonds. The van der Waals surface area contributed by atoms with Crippen molar-refractivity contribution in [2.45, 2.75) is 11.4 Å². The number of halogens is 1. The van der Waals surface area contributed by atoms with Crippen LogP contribution < -0.4 is 10.5 Å². The van der Waals surface area contributed by atoms with Crippen LogP contribution in [0, 0.1) is 0 Å². The average molecular weight is 287 g/mol. The molecular formula is C10H11ClN4O2S. The van der Waals surface area contributed by atoms with Gasteiger partial charge in [-0.15, -0.1) is 0 Å². The van der Waals surface area contributed by atoms with E-state index < -0.39 is 10.0 Å². The zero-order chi connectivity index (χ0) is 13.2. The maximum absolute atomic E-state index is 11.9. The summed E-state index contributed by atoms with van der Waals surface area (Å²) in [6.07, 6.45) is 1.16. The van der Waals surface area contributed by atoms with E-state index in [1.54, 1.807) is 24.3 Å². The van der Waals surface area contributed by atoms with Gasteiger partial charge in [0.1, 0.15) is 10.7 Å². The predicted molar refractivity (Wildman–Crippen MR) is 68.5 cm³/mol. The molecule has 0 saturated carbocycles. The fraction of sp³-hybridized carbons (Fsp3) is 0.100. The second-order valence-electron chi connectivity index (χ2n) is 3.56. The number of H-pyrrole nitrogens is 1. The van der Waals surface area contributed by atoms with Gasteiger partial charge < -0.3 is 5.73 Å². The molecule has 0 atom stereocenters. The fourth-order valence-corrected chi connectivity index (χ4v) is 2.62. The van der Waals surface area contributed by atoms with Gasteiger partial charge in [0.05, 0.1) is 6.20 Å². The highest BCUT2D eigenvalue weighted by atomic mass is 35.5. The third kappa shape index (κ3) is 2.63. The van der Waals surface area contributed by atoms with E-state index in [4.69, 9.17) is 17.3 Å². The summed E-state index contributed by atoms with van der Waals surface area (Å²) in [6, 6.07) is 6.98. The fourth-order valence-electron chi connectivity index (χ4n) is 1.39. The number of aromatic amines is 1. The molecule has 1 aromatic heterocycles. The molecule has 0 aliphatic carbocycles. The quantitative estimate of drug-likeness (QED) is 0.784. The smallest absolute Gasteiger partial charge is 0.246 e. The Morgan fingerprint density at radius 1 is 1.39 bits per heavy atom. The SMILES string of the molecule is Nc1[nH]ncc1S(=O)(=O)NCc1ccccc1Cl. The Kier molecular flexibility index (Phi) is 3.55. The van der Waals surface area contributed by atoms with E-state index in [0.717, 1.165) is 6.20 Å². The van der Waals surface area contributed by atoms with Crippen LogP contribution in [0.25, 0.3) is 0 Å². The number of aromatic nitrogens is 2. The number of nitrogens with one attached hydrogen (secondary N) is 2. The second kappa shape index (κ2) is 4.97. The Balaban J connectivity index is 2.16. The lowest BCUT2D eigenvalue weighted by Gasteiger charge is -2.06. The first-order valence-corrected chi connectivity index (χ1v) is 6.89. The zero-order valence-electron chi connectivity index (χ0n) is 9.22. The molecule has 0 unspecified atom stereocenters. The van der Waals surface area contributed by atoms with Crippen molar-refractivity contribution in [3.63, 3.8) is 0 Å². The molecule has 2 aromatic rings. The van der Waals surface area contributed by atoms with E-state index in [1.165, 1.54) is 0 Å². The van der Waals surface area contributed by atoms with Crippen LogP contribution in [0.15, 0.2) is 35.4 Å². The summed E-state index contributed by atoms with van der Waals surface area (Å²) >= 11 is 5.93. The first-order valence-electron chi connectivity index (χ1n) is 5.02. The van der Waals surface area contributed by atoms with Crippen molar-refractivity contribution < 1.29 is 8.42 Å². The molecule has 4 N–H and O–H groups in total. The third-order valence-corrected chi connectivity index (χ3v) is 4.13. The Hall–Kier alpha value is -1.57. The summed E-state index contributed by atoms with van der Waals surface area (Å²) < 4.78 is 26.2. The van der Waals surface area contributed by atoms with Gasteiger partial charge in [-0.25, -0.2) is 13.1 Å². The normalized spacial score (nSPS) is 11.6. The molecule has 0 spiro atoms. The van der Waals surface area contributed by atoms with Gasteiger partial charge in [0, 0.05) is 11.6 Å². The van der Waals surface area contributed by atoms with E-state index in [1.807, 2.05) is 0 Å². The van der Waals surface area contributed by atoms with Gasteiger partial charge >= 0.3 is 0 Å². The van der Waals surface area contributed by atoms with Gasteiger partial charge in [0.25, 0.3) is 0 Å². The monoisotopic (exact) mass is 286 g/mol. The number of sulfonamides is 1. The van der Waals surface area contributed by atoms with Gasteiger partial charge in [-0.05, 0) is 11.6 Å². The molecule has 8 heteroatoms. The predicted octanol–water partition coefficient (Wildman–Crippen LogP) is 1.12. The maximum atomic E-state index is 11.9. The van der Waals surface area contributed by atoms with Crippen molar-refractivity contribution >= 4 is 27.4 Å². The molecule has 6 nitrogen and oxygen atoms in total. The molecule has 0 fully saturated rings. The van der Waals surface area contributed by atoms with Crippen LogP contribution in [0.4, 0.5) is 5.82 Å². The number of anilines is 1. The molecule has 0 saturated heterocycles. The minimum absolute atomic E-state index is 0.00154. The van der Waals surface area contributed by atoms with Crippen molar-refractivity contribution in [1.82, 2.24) is 14.9 Å². The third-order valence-electron chi connectivity index (χ3n) is 2.33. The molecule has 1 heterocycles. The average Bonchev–Trinajstić information content (AvgIpc) is 2.75. The van der Waals surface area contributed by atoms with E-state index >= 15 is 0 Å². The molecule has 0 aliphatic rings. The minimum atomic E-state index is -3.69. The van der Waals surface area contributed by atoms with Crippen LogP contribution in [-0.2, 0) is 16.6 Å². The standard InChI is InChI=1S/C10H11ClN4O2S/c11-8-4-2-1-3-7(8)5-14-18(16,17)9-6-13-15-10(9)12/h1-4,6,14H,5H2,(H3,12,13,15). The first kappa shape index (κ1) is 12.9. The lowest BCUT2D eigenvalue weighted by Crippen LogP contribution is -2.23. The number of benzene rings is 1. The van der Waals surface area contributed by atoms with Gasteiger partial charge in [0.15, 0.2) is 0 Å². The Labute approximate surface area is 109 Å². The van der Waals surface area contributed by atoms with Crippen LogP contribution in [0.5, 0.6) is 0 Å². The molecule has 18 heavy (non-hydrogen) atoms. The number of nitrogens with two attached hydrogens (primary N) is 1. The molecule has 0 aliphatic heterocycles. The summed E-state index contributed by atoms with van der Waals surface area (Å²) in [5.41, 5.74) is 6.15. The number of hydrogen-bond donors (Lipinski definition) is 3.